The molecule has 90 valence electrons. The van der Waals surface area contributed by atoms with Crippen molar-refractivity contribution >= 4 is 11.9 Å². The molecule has 2 atom stereocenters. The van der Waals surface area contributed by atoms with E-state index in [0.29, 0.717) is 13.0 Å². The average Bonchev–Trinajstić information content (AvgIpc) is 2.64. The van der Waals surface area contributed by atoms with Gasteiger partial charge in [0.25, 0.3) is 0 Å². The van der Waals surface area contributed by atoms with Gasteiger partial charge in [-0.25, -0.2) is 0 Å². The summed E-state index contributed by atoms with van der Waals surface area (Å²) in [6.45, 7) is 1.52. The summed E-state index contributed by atoms with van der Waals surface area (Å²) in [5.41, 5.74) is 0. The van der Waals surface area contributed by atoms with Crippen molar-refractivity contribution in [3.63, 3.8) is 0 Å². The lowest BCUT2D eigenvalue weighted by atomic mass is 10.0. The molecule has 16 heavy (non-hydrogen) atoms. The Kier molecular flexibility index (Phi) is 3.43. The highest BCUT2D eigenvalue weighted by atomic mass is 16.4. The number of carbonyl (C=O) groups is 2. The average molecular weight is 226 g/mol. The van der Waals surface area contributed by atoms with E-state index in [1.54, 1.807) is 0 Å². The lowest BCUT2D eigenvalue weighted by molar-refractivity contribution is -0.144. The number of nitrogens with one attached hydrogen (secondary N) is 1. The molecule has 5 nitrogen and oxygen atoms in total. The maximum atomic E-state index is 11.1. The van der Waals surface area contributed by atoms with Gasteiger partial charge in [0, 0.05) is 19.0 Å². The molecule has 0 saturated carbocycles. The standard InChI is InChI=1S/C11H18N2O3/c14-10-5-4-8(12-10)7-13-6-2-1-3-9(13)11(15)16/h8-9H,1-7H2,(H,12,14)(H,15,16). The lowest BCUT2D eigenvalue weighted by Crippen LogP contribution is -2.49. The summed E-state index contributed by atoms with van der Waals surface area (Å²) in [5, 5.41) is 12.0. The smallest absolute Gasteiger partial charge is 0.320 e. The lowest BCUT2D eigenvalue weighted by Gasteiger charge is -2.34. The zero-order chi connectivity index (χ0) is 11.5. The minimum Gasteiger partial charge on any atom is -0.480 e. The van der Waals surface area contributed by atoms with Crippen LogP contribution in [0.2, 0.25) is 0 Å². The maximum Gasteiger partial charge on any atom is 0.320 e. The fourth-order valence-electron chi connectivity index (χ4n) is 2.59. The molecule has 2 N–H and O–H groups in total. The van der Waals surface area contributed by atoms with Crippen molar-refractivity contribution in [3.05, 3.63) is 0 Å². The second kappa shape index (κ2) is 4.82. The molecule has 2 saturated heterocycles. The molecule has 0 spiro atoms. The van der Waals surface area contributed by atoms with Crippen LogP contribution in [0.3, 0.4) is 0 Å². The van der Waals surface area contributed by atoms with Crippen molar-refractivity contribution in [3.8, 4) is 0 Å². The van der Waals surface area contributed by atoms with Crippen LogP contribution in [0.5, 0.6) is 0 Å². The highest BCUT2D eigenvalue weighted by molar-refractivity contribution is 5.78. The van der Waals surface area contributed by atoms with Crippen LogP contribution in [-0.4, -0.2) is 47.1 Å². The first-order chi connectivity index (χ1) is 7.66. The van der Waals surface area contributed by atoms with E-state index in [1.807, 2.05) is 4.90 Å². The summed E-state index contributed by atoms with van der Waals surface area (Å²) in [4.78, 5) is 24.1. The van der Waals surface area contributed by atoms with E-state index in [0.717, 1.165) is 32.2 Å². The van der Waals surface area contributed by atoms with Crippen LogP contribution < -0.4 is 5.32 Å². The molecule has 1 amide bonds. The van der Waals surface area contributed by atoms with Crippen LogP contribution in [0, 0.1) is 0 Å². The Morgan fingerprint density at radius 2 is 2.25 bits per heavy atom. The number of hydrogen-bond donors (Lipinski definition) is 2. The second-order valence-corrected chi connectivity index (χ2v) is 4.65. The van der Waals surface area contributed by atoms with Gasteiger partial charge in [-0.15, -0.1) is 0 Å². The van der Waals surface area contributed by atoms with Crippen molar-refractivity contribution in [2.45, 2.75) is 44.2 Å². The van der Waals surface area contributed by atoms with E-state index in [4.69, 9.17) is 5.11 Å². The van der Waals surface area contributed by atoms with Crippen molar-refractivity contribution in [1.82, 2.24) is 10.2 Å². The molecule has 2 aliphatic heterocycles. The number of hydrogen-bond acceptors (Lipinski definition) is 3. The molecule has 2 heterocycles. The number of carboxylic acids is 1. The third-order valence-electron chi connectivity index (χ3n) is 3.44. The molecule has 5 heteroatoms. The fraction of sp³-hybridized carbons (Fsp3) is 0.818. The van der Waals surface area contributed by atoms with Crippen LogP contribution >= 0.6 is 0 Å². The number of piperidine rings is 1. The van der Waals surface area contributed by atoms with Crippen LogP contribution in [0.25, 0.3) is 0 Å². The first kappa shape index (κ1) is 11.4. The third kappa shape index (κ3) is 2.52. The Morgan fingerprint density at radius 1 is 1.44 bits per heavy atom. The number of nitrogens with zero attached hydrogens (tertiary/aromatic N) is 1. The van der Waals surface area contributed by atoms with Crippen LogP contribution in [0.1, 0.15) is 32.1 Å². The summed E-state index contributed by atoms with van der Waals surface area (Å²) < 4.78 is 0. The van der Waals surface area contributed by atoms with Gasteiger partial charge in [0.05, 0.1) is 0 Å². The SMILES string of the molecule is O=C1CCC(CN2CCCCC2C(=O)O)N1. The highest BCUT2D eigenvalue weighted by Crippen LogP contribution is 2.19. The summed E-state index contributed by atoms with van der Waals surface area (Å²) in [7, 11) is 0. The highest BCUT2D eigenvalue weighted by Gasteiger charge is 2.31. The van der Waals surface area contributed by atoms with Gasteiger partial charge in [-0.2, -0.15) is 0 Å². The van der Waals surface area contributed by atoms with Gasteiger partial charge >= 0.3 is 5.97 Å². The molecule has 2 fully saturated rings. The van der Waals surface area contributed by atoms with Gasteiger partial charge in [0.1, 0.15) is 6.04 Å². The summed E-state index contributed by atoms with van der Waals surface area (Å²) in [6, 6.07) is -0.210. The van der Waals surface area contributed by atoms with Crippen molar-refractivity contribution in [1.29, 1.82) is 0 Å². The number of rotatable bonds is 3. The number of likely N-dealkylation sites (tertiary alicyclic amines) is 1. The largest absolute Gasteiger partial charge is 0.480 e. The predicted octanol–water partition coefficient (Wildman–Crippen LogP) is 0.204. The molecule has 0 aromatic rings. The molecule has 0 bridgehead atoms. The Bertz CT molecular complexity index is 293. The Hall–Kier alpha value is -1.10. The summed E-state index contributed by atoms with van der Waals surface area (Å²) in [5.74, 6) is -0.641. The van der Waals surface area contributed by atoms with E-state index >= 15 is 0 Å². The molecule has 0 aromatic heterocycles. The van der Waals surface area contributed by atoms with Gasteiger partial charge in [-0.3, -0.25) is 14.5 Å². The minimum absolute atomic E-state index is 0.0916. The zero-order valence-electron chi connectivity index (χ0n) is 9.32. The fourth-order valence-corrected chi connectivity index (χ4v) is 2.59. The van der Waals surface area contributed by atoms with Crippen LogP contribution in [0.4, 0.5) is 0 Å². The predicted molar refractivity (Wildman–Crippen MR) is 58.0 cm³/mol. The molecule has 0 aromatic carbocycles. The number of carboxylic acid groups (broad SMARTS) is 1. The topological polar surface area (TPSA) is 69.6 Å². The second-order valence-electron chi connectivity index (χ2n) is 4.65. The maximum absolute atomic E-state index is 11.1. The molecular weight excluding hydrogens is 208 g/mol. The monoisotopic (exact) mass is 226 g/mol. The van der Waals surface area contributed by atoms with Gasteiger partial charge in [-0.1, -0.05) is 6.42 Å². The zero-order valence-corrected chi connectivity index (χ0v) is 9.32. The molecule has 2 rings (SSSR count). The van der Waals surface area contributed by atoms with Crippen LogP contribution in [-0.2, 0) is 9.59 Å². The van der Waals surface area contributed by atoms with Crippen molar-refractivity contribution in [2.24, 2.45) is 0 Å². The quantitative estimate of drug-likeness (QED) is 0.721. The third-order valence-corrected chi connectivity index (χ3v) is 3.44. The van der Waals surface area contributed by atoms with E-state index in [1.165, 1.54) is 0 Å². The molecular formula is C11H18N2O3. The first-order valence-electron chi connectivity index (χ1n) is 5.93. The van der Waals surface area contributed by atoms with E-state index in [2.05, 4.69) is 5.32 Å². The van der Waals surface area contributed by atoms with Gasteiger partial charge in [0.2, 0.25) is 5.91 Å². The van der Waals surface area contributed by atoms with Gasteiger partial charge < -0.3 is 10.4 Å². The van der Waals surface area contributed by atoms with Gasteiger partial charge in [-0.05, 0) is 25.8 Å². The van der Waals surface area contributed by atoms with E-state index < -0.39 is 5.97 Å². The van der Waals surface area contributed by atoms with E-state index in [-0.39, 0.29) is 18.0 Å². The van der Waals surface area contributed by atoms with Gasteiger partial charge in [0.15, 0.2) is 0 Å². The molecule has 2 unspecified atom stereocenters. The Morgan fingerprint density at radius 3 is 2.88 bits per heavy atom. The number of amides is 1. The molecule has 0 radical (unpaired) electrons. The molecule has 0 aliphatic carbocycles. The number of carbonyl (C=O) groups excluding carboxylic acids is 1. The van der Waals surface area contributed by atoms with Crippen molar-refractivity contribution < 1.29 is 14.7 Å². The first-order valence-corrected chi connectivity index (χ1v) is 5.93. The Labute approximate surface area is 94.8 Å². The molecule has 2 aliphatic rings. The minimum atomic E-state index is -0.732. The van der Waals surface area contributed by atoms with E-state index in [9.17, 15) is 9.59 Å². The Balaban J connectivity index is 1.91. The summed E-state index contributed by atoms with van der Waals surface area (Å²) in [6.07, 6.45) is 4.20. The van der Waals surface area contributed by atoms with Crippen molar-refractivity contribution in [2.75, 3.05) is 13.1 Å². The number of aliphatic carboxylic acids is 1. The van der Waals surface area contributed by atoms with Crippen LogP contribution in [0.15, 0.2) is 0 Å². The summed E-state index contributed by atoms with van der Waals surface area (Å²) >= 11 is 0. The normalized spacial score (nSPS) is 31.4.